The molecule has 23 heavy (non-hydrogen) atoms. The summed E-state index contributed by atoms with van der Waals surface area (Å²) in [6.07, 6.45) is 7.64. The third-order valence-corrected chi connectivity index (χ3v) is 4.64. The summed E-state index contributed by atoms with van der Waals surface area (Å²) in [5.74, 6) is 0. The second-order valence-corrected chi connectivity index (χ2v) is 7.57. The third-order valence-electron chi connectivity index (χ3n) is 3.16. The van der Waals surface area contributed by atoms with Crippen LogP contribution in [0.3, 0.4) is 0 Å². The van der Waals surface area contributed by atoms with Gasteiger partial charge >= 0.3 is 0 Å². The molecule has 0 aromatic carbocycles. The molecule has 136 valence electrons. The molecular weight excluding hydrogens is 368 g/mol. The fourth-order valence-corrected chi connectivity index (χ4v) is 3.33. The molecule has 13 heteroatoms. The number of nitrogens with one attached hydrogen (secondary N) is 2. The summed E-state index contributed by atoms with van der Waals surface area (Å²) >= 11 is 2.28. The Morgan fingerprint density at radius 1 is 0.696 bits per heavy atom. The van der Waals surface area contributed by atoms with Crippen LogP contribution in [0.15, 0.2) is 9.16 Å². The molecule has 2 heterocycles. The highest BCUT2D eigenvalue weighted by Gasteiger charge is 2.15. The molecule has 0 atom stereocenters. The van der Waals surface area contributed by atoms with Crippen molar-refractivity contribution in [1.82, 2.24) is 0 Å². The summed E-state index contributed by atoms with van der Waals surface area (Å²) in [7, 11) is -5.17. The van der Waals surface area contributed by atoms with Crippen LogP contribution in [0.5, 0.6) is 0 Å². The van der Waals surface area contributed by atoms with Crippen LogP contribution in [0.2, 0.25) is 0 Å². The molecule has 0 saturated carbocycles. The average Bonchev–Trinajstić information content (AvgIpc) is 2.49. The van der Waals surface area contributed by atoms with E-state index in [0.717, 1.165) is 50.4 Å². The molecule has 0 unspecified atom stereocenters. The molecule has 0 aromatic heterocycles. The van der Waals surface area contributed by atoms with Crippen molar-refractivity contribution < 1.29 is 26.1 Å². The summed E-state index contributed by atoms with van der Waals surface area (Å²) in [4.78, 5) is 19.5. The van der Waals surface area contributed by atoms with Gasteiger partial charge in [0.2, 0.25) is 0 Å². The number of hydrogen-bond donors (Lipinski definition) is 2. The van der Waals surface area contributed by atoms with E-state index in [-0.39, 0.29) is 0 Å². The number of hydrogen-bond acceptors (Lipinski definition) is 10. The van der Waals surface area contributed by atoms with E-state index in [4.69, 9.17) is 17.5 Å². The van der Waals surface area contributed by atoms with E-state index in [1.165, 1.54) is 47.1 Å². The zero-order valence-corrected chi connectivity index (χ0v) is 15.1. The molecule has 2 saturated heterocycles. The molecule has 0 spiro atoms. The molecule has 0 bridgehead atoms. The van der Waals surface area contributed by atoms with E-state index < -0.39 is 10.4 Å². The fourth-order valence-electron chi connectivity index (χ4n) is 2.18. The summed E-state index contributed by atoms with van der Waals surface area (Å²) in [5, 5.41) is 0. The van der Waals surface area contributed by atoms with Crippen LogP contribution in [0.1, 0.15) is 38.5 Å². The Kier molecular flexibility index (Phi) is 13.9. The normalized spacial score (nSPS) is 19.6. The molecule has 2 fully saturated rings. The molecule has 0 radical (unpaired) electrons. The number of quaternary nitrogens is 2. The minimum Gasteiger partial charge on any atom is -0.759 e. The van der Waals surface area contributed by atoms with Gasteiger partial charge in [0, 0.05) is 10.4 Å². The van der Waals surface area contributed by atoms with Crippen molar-refractivity contribution in [3.8, 4) is 0 Å². The zero-order chi connectivity index (χ0) is 17.6. The van der Waals surface area contributed by atoms with Gasteiger partial charge in [0.15, 0.2) is 0 Å². The maximum absolute atomic E-state index is 9.77. The second-order valence-electron chi connectivity index (χ2n) is 4.94. The van der Waals surface area contributed by atoms with E-state index in [0.29, 0.717) is 0 Å². The minimum absolute atomic E-state index is 1.11. The van der Waals surface area contributed by atoms with Gasteiger partial charge in [-0.05, 0) is 38.5 Å². The maximum atomic E-state index is 9.77. The molecule has 2 N–H and O–H groups in total. The van der Waals surface area contributed by atoms with Crippen LogP contribution in [-0.4, -0.2) is 43.7 Å². The lowest BCUT2D eigenvalue weighted by atomic mass is 10.2. The van der Waals surface area contributed by atoms with Gasteiger partial charge in [-0.2, -0.15) is 0 Å². The Bertz CT molecular complexity index is 381. The van der Waals surface area contributed by atoms with Crippen LogP contribution in [-0.2, 0) is 10.4 Å². The first-order valence-electron chi connectivity index (χ1n) is 7.22. The lowest BCUT2D eigenvalue weighted by Crippen LogP contribution is -3.06. The van der Waals surface area contributed by atoms with Gasteiger partial charge in [-0.25, -0.2) is 8.61 Å². The van der Waals surface area contributed by atoms with E-state index in [1.54, 1.807) is 0 Å². The summed E-state index contributed by atoms with van der Waals surface area (Å²) in [5.41, 5.74) is 0. The van der Waals surface area contributed by atoms with E-state index >= 15 is 0 Å². The SMILES string of the molecule is O=NS[NH+]1CCCCC1.O=NS[NH+]1CCCCC1.O=S(=O)([O-])[O-]. The first kappa shape index (κ1) is 22.7. The fraction of sp³-hybridized carbons (Fsp3) is 1.00. The van der Waals surface area contributed by atoms with Crippen LogP contribution >= 0.6 is 24.3 Å². The van der Waals surface area contributed by atoms with Gasteiger partial charge < -0.3 is 9.11 Å². The Morgan fingerprint density at radius 3 is 1.17 bits per heavy atom. The van der Waals surface area contributed by atoms with Crippen LogP contribution in [0.4, 0.5) is 0 Å². The van der Waals surface area contributed by atoms with Crippen molar-refractivity contribution in [2.24, 2.45) is 9.16 Å². The smallest absolute Gasteiger partial charge is 0.262 e. The molecule has 2 aliphatic heterocycles. The standard InChI is InChI=1S/2C5H10N2OS.H2O4S/c2*8-6-9-7-4-2-1-3-5-7;1-5(2,3)4/h2*1-5H2;(H2,1,2,3,4). The monoisotopic (exact) mass is 390 g/mol. The highest BCUT2D eigenvalue weighted by molar-refractivity contribution is 7.91. The Labute approximate surface area is 144 Å². The van der Waals surface area contributed by atoms with Gasteiger partial charge in [0.1, 0.15) is 0 Å². The highest BCUT2D eigenvalue weighted by atomic mass is 32.3. The average molecular weight is 391 g/mol. The van der Waals surface area contributed by atoms with Crippen molar-refractivity contribution in [2.45, 2.75) is 38.5 Å². The van der Waals surface area contributed by atoms with E-state index in [2.05, 4.69) is 9.16 Å². The largest absolute Gasteiger partial charge is 0.759 e. The summed E-state index contributed by atoms with van der Waals surface area (Å²) in [6.45, 7) is 4.43. The predicted octanol–water partition coefficient (Wildman–Crippen LogP) is -0.568. The first-order chi connectivity index (χ1) is 10.9. The zero-order valence-electron chi connectivity index (χ0n) is 12.6. The van der Waals surface area contributed by atoms with Gasteiger partial charge in [-0.15, -0.1) is 9.81 Å². The third kappa shape index (κ3) is 17.9. The summed E-state index contributed by atoms with van der Waals surface area (Å²) in [6, 6.07) is 0. The predicted molar refractivity (Wildman–Crippen MR) is 86.3 cm³/mol. The molecule has 2 rings (SSSR count). The summed E-state index contributed by atoms with van der Waals surface area (Å²) < 4.78 is 42.2. The number of piperidine rings is 2. The molecule has 2 aliphatic rings. The van der Waals surface area contributed by atoms with Crippen molar-refractivity contribution >= 4 is 34.7 Å². The molecule has 10 nitrogen and oxygen atoms in total. The molecular formula is C10H22N4O6S3. The van der Waals surface area contributed by atoms with Crippen molar-refractivity contribution in [1.29, 1.82) is 0 Å². The van der Waals surface area contributed by atoms with Gasteiger partial charge in [-0.1, -0.05) is 0 Å². The number of rotatable bonds is 4. The van der Waals surface area contributed by atoms with Crippen LogP contribution in [0.25, 0.3) is 0 Å². The van der Waals surface area contributed by atoms with Gasteiger partial charge in [0.25, 0.3) is 24.3 Å². The molecule has 0 aromatic rings. The quantitative estimate of drug-likeness (QED) is 0.281. The Hall–Kier alpha value is -0.310. The van der Waals surface area contributed by atoms with Crippen molar-refractivity contribution in [3.05, 3.63) is 9.81 Å². The minimum atomic E-state index is -5.17. The van der Waals surface area contributed by atoms with Crippen molar-refractivity contribution in [2.75, 3.05) is 26.2 Å². The Morgan fingerprint density at radius 2 is 0.957 bits per heavy atom. The topological polar surface area (TPSA) is 148 Å². The lowest BCUT2D eigenvalue weighted by molar-refractivity contribution is -0.762. The number of nitroso groups, excluding NO2 is 2. The Balaban J connectivity index is 0.000000332. The molecule has 0 amide bonds. The van der Waals surface area contributed by atoms with Crippen LogP contribution < -0.4 is 8.61 Å². The maximum Gasteiger partial charge on any atom is 0.262 e. The number of nitrogens with zero attached hydrogens (tertiary/aromatic N) is 2. The highest BCUT2D eigenvalue weighted by Crippen LogP contribution is 1.99. The van der Waals surface area contributed by atoms with Gasteiger partial charge in [-0.3, -0.25) is 8.42 Å². The molecule has 0 aliphatic carbocycles. The lowest BCUT2D eigenvalue weighted by Gasteiger charge is -2.16. The van der Waals surface area contributed by atoms with Crippen molar-refractivity contribution in [3.63, 3.8) is 0 Å². The first-order valence-corrected chi connectivity index (χ1v) is 10.1. The van der Waals surface area contributed by atoms with Gasteiger partial charge in [0.05, 0.1) is 35.3 Å². The second kappa shape index (κ2) is 14.1. The van der Waals surface area contributed by atoms with E-state index in [1.807, 2.05) is 0 Å². The van der Waals surface area contributed by atoms with E-state index in [9.17, 15) is 9.81 Å². The van der Waals surface area contributed by atoms with Crippen LogP contribution in [0, 0.1) is 9.81 Å².